The van der Waals surface area contributed by atoms with Gasteiger partial charge in [-0.15, -0.1) is 0 Å². The Morgan fingerprint density at radius 3 is 2.64 bits per heavy atom. The Morgan fingerprint density at radius 1 is 1.50 bits per heavy atom. The highest BCUT2D eigenvalue weighted by Crippen LogP contribution is 2.19. The van der Waals surface area contributed by atoms with Gasteiger partial charge in [0.25, 0.3) is 0 Å². The molecule has 0 saturated carbocycles. The molecule has 3 N–H and O–H groups in total. The van der Waals surface area contributed by atoms with Crippen molar-refractivity contribution in [3.05, 3.63) is 28.2 Å². The maximum atomic E-state index is 10.8. The number of aryl methyl sites for hydroxylation is 1. The van der Waals surface area contributed by atoms with E-state index in [1.165, 1.54) is 0 Å². The molecular formula is C10H13BrN2O. The summed E-state index contributed by atoms with van der Waals surface area (Å²) in [6.07, 6.45) is 0. The van der Waals surface area contributed by atoms with Gasteiger partial charge in [-0.1, -0.05) is 15.9 Å². The zero-order chi connectivity index (χ0) is 10.7. The summed E-state index contributed by atoms with van der Waals surface area (Å²) in [5, 5.41) is 3.02. The molecule has 4 heteroatoms. The smallest absolute Gasteiger partial charge is 0.239 e. The third-order valence-corrected chi connectivity index (χ3v) is 2.31. The lowest BCUT2D eigenvalue weighted by Gasteiger charge is -2.12. The van der Waals surface area contributed by atoms with E-state index in [-0.39, 0.29) is 11.9 Å². The lowest BCUT2D eigenvalue weighted by atomic mass is 10.2. The number of rotatable bonds is 3. The number of hydrogen-bond acceptors (Lipinski definition) is 2. The van der Waals surface area contributed by atoms with Crippen molar-refractivity contribution in [3.8, 4) is 0 Å². The number of nitrogens with one attached hydrogen (secondary N) is 1. The van der Waals surface area contributed by atoms with Crippen molar-refractivity contribution in [2.45, 2.75) is 19.9 Å². The minimum absolute atomic E-state index is 0.358. The van der Waals surface area contributed by atoms with E-state index in [4.69, 9.17) is 5.73 Å². The molecule has 0 saturated heterocycles. The van der Waals surface area contributed by atoms with Crippen LogP contribution in [0.2, 0.25) is 0 Å². The average molecular weight is 257 g/mol. The van der Waals surface area contributed by atoms with Crippen LogP contribution in [0, 0.1) is 6.92 Å². The molecule has 0 aliphatic carbocycles. The van der Waals surface area contributed by atoms with Crippen LogP contribution in [-0.2, 0) is 4.79 Å². The molecule has 0 aromatic heterocycles. The summed E-state index contributed by atoms with van der Waals surface area (Å²) >= 11 is 3.38. The summed E-state index contributed by atoms with van der Waals surface area (Å²) in [5.74, 6) is -0.359. The quantitative estimate of drug-likeness (QED) is 0.870. The average Bonchev–Trinajstić information content (AvgIpc) is 2.01. The molecule has 0 aliphatic heterocycles. The minimum atomic E-state index is -0.359. The fraction of sp³-hybridized carbons (Fsp3) is 0.300. The number of primary amides is 1. The molecule has 0 heterocycles. The molecule has 0 bridgehead atoms. The van der Waals surface area contributed by atoms with E-state index in [1.807, 2.05) is 25.1 Å². The predicted molar refractivity (Wildman–Crippen MR) is 61.2 cm³/mol. The molecule has 0 fully saturated rings. The lowest BCUT2D eigenvalue weighted by Crippen LogP contribution is -2.32. The number of carbonyl (C=O) groups is 1. The van der Waals surface area contributed by atoms with Crippen molar-refractivity contribution in [2.75, 3.05) is 5.32 Å². The molecule has 1 rings (SSSR count). The van der Waals surface area contributed by atoms with Crippen LogP contribution in [0.5, 0.6) is 0 Å². The third kappa shape index (κ3) is 3.03. The van der Waals surface area contributed by atoms with E-state index < -0.39 is 0 Å². The molecule has 1 amide bonds. The second kappa shape index (κ2) is 4.46. The molecule has 76 valence electrons. The number of hydrogen-bond donors (Lipinski definition) is 2. The van der Waals surface area contributed by atoms with Crippen LogP contribution in [-0.4, -0.2) is 11.9 Å². The van der Waals surface area contributed by atoms with Crippen LogP contribution < -0.4 is 11.1 Å². The summed E-state index contributed by atoms with van der Waals surface area (Å²) in [4.78, 5) is 10.8. The number of halogens is 1. The highest BCUT2D eigenvalue weighted by atomic mass is 79.9. The number of amides is 1. The summed E-state index contributed by atoms with van der Waals surface area (Å²) in [5.41, 5.74) is 7.16. The van der Waals surface area contributed by atoms with Crippen LogP contribution in [0.3, 0.4) is 0 Å². The number of carbonyl (C=O) groups excluding carboxylic acids is 1. The van der Waals surface area contributed by atoms with Crippen LogP contribution >= 0.6 is 15.9 Å². The van der Waals surface area contributed by atoms with Crippen molar-refractivity contribution in [1.29, 1.82) is 0 Å². The van der Waals surface area contributed by atoms with E-state index in [2.05, 4.69) is 21.2 Å². The topological polar surface area (TPSA) is 55.1 Å². The van der Waals surface area contributed by atoms with Crippen molar-refractivity contribution in [1.82, 2.24) is 0 Å². The molecular weight excluding hydrogens is 244 g/mol. The first-order valence-corrected chi connectivity index (χ1v) is 5.11. The van der Waals surface area contributed by atoms with E-state index in [0.717, 1.165) is 15.7 Å². The van der Waals surface area contributed by atoms with Gasteiger partial charge in [0.15, 0.2) is 0 Å². The van der Waals surface area contributed by atoms with Crippen molar-refractivity contribution < 1.29 is 4.79 Å². The normalized spacial score (nSPS) is 12.2. The van der Waals surface area contributed by atoms with Crippen molar-refractivity contribution in [3.63, 3.8) is 0 Å². The standard InChI is InChI=1S/C10H13BrN2O/c1-6-3-8(11)5-9(4-6)13-7(2)10(12)14/h3-5,7,13H,1-2H3,(H2,12,14). The second-order valence-corrected chi connectivity index (χ2v) is 4.20. The Morgan fingerprint density at radius 2 is 2.14 bits per heavy atom. The third-order valence-electron chi connectivity index (χ3n) is 1.85. The highest BCUT2D eigenvalue weighted by Gasteiger charge is 2.07. The van der Waals surface area contributed by atoms with Crippen LogP contribution in [0.25, 0.3) is 0 Å². The highest BCUT2D eigenvalue weighted by molar-refractivity contribution is 9.10. The van der Waals surface area contributed by atoms with Gasteiger partial charge in [0, 0.05) is 10.2 Å². The zero-order valence-corrected chi connectivity index (χ0v) is 9.76. The molecule has 1 unspecified atom stereocenters. The van der Waals surface area contributed by atoms with E-state index in [0.29, 0.717) is 0 Å². The van der Waals surface area contributed by atoms with Gasteiger partial charge >= 0.3 is 0 Å². The van der Waals surface area contributed by atoms with Gasteiger partial charge in [-0.05, 0) is 37.6 Å². The zero-order valence-electron chi connectivity index (χ0n) is 8.17. The summed E-state index contributed by atoms with van der Waals surface area (Å²) < 4.78 is 0.983. The van der Waals surface area contributed by atoms with Crippen LogP contribution in [0.4, 0.5) is 5.69 Å². The van der Waals surface area contributed by atoms with Crippen LogP contribution in [0.15, 0.2) is 22.7 Å². The van der Waals surface area contributed by atoms with Gasteiger partial charge in [0.2, 0.25) is 5.91 Å². The van der Waals surface area contributed by atoms with E-state index >= 15 is 0 Å². The summed E-state index contributed by atoms with van der Waals surface area (Å²) in [6.45, 7) is 3.73. The Bertz CT molecular complexity index is 332. The lowest BCUT2D eigenvalue weighted by molar-refractivity contribution is -0.118. The maximum Gasteiger partial charge on any atom is 0.239 e. The van der Waals surface area contributed by atoms with Gasteiger partial charge in [-0.2, -0.15) is 0 Å². The fourth-order valence-electron chi connectivity index (χ4n) is 1.14. The minimum Gasteiger partial charge on any atom is -0.374 e. The molecule has 1 atom stereocenters. The number of benzene rings is 1. The van der Waals surface area contributed by atoms with Gasteiger partial charge < -0.3 is 11.1 Å². The molecule has 0 aliphatic rings. The molecule has 1 aromatic rings. The van der Waals surface area contributed by atoms with Gasteiger partial charge in [0.1, 0.15) is 6.04 Å². The molecule has 0 radical (unpaired) electrons. The first-order valence-electron chi connectivity index (χ1n) is 4.32. The predicted octanol–water partition coefficient (Wildman–Crippen LogP) is 2.04. The Balaban J connectivity index is 2.81. The molecule has 3 nitrogen and oxygen atoms in total. The van der Waals surface area contributed by atoms with Gasteiger partial charge in [0.05, 0.1) is 0 Å². The Kier molecular flexibility index (Phi) is 3.52. The first-order chi connectivity index (χ1) is 6.49. The van der Waals surface area contributed by atoms with E-state index in [9.17, 15) is 4.79 Å². The van der Waals surface area contributed by atoms with Crippen molar-refractivity contribution in [2.24, 2.45) is 5.73 Å². The van der Waals surface area contributed by atoms with Gasteiger partial charge in [-0.25, -0.2) is 0 Å². The molecule has 0 spiro atoms. The summed E-state index contributed by atoms with van der Waals surface area (Å²) in [7, 11) is 0. The maximum absolute atomic E-state index is 10.8. The molecule has 1 aromatic carbocycles. The summed E-state index contributed by atoms with van der Waals surface area (Å²) in [6, 6.07) is 5.51. The Hall–Kier alpha value is -1.03. The number of nitrogens with two attached hydrogens (primary N) is 1. The first kappa shape index (κ1) is 11.0. The Labute approximate surface area is 91.8 Å². The number of anilines is 1. The SMILES string of the molecule is Cc1cc(Br)cc(NC(C)C(N)=O)c1. The largest absolute Gasteiger partial charge is 0.374 e. The second-order valence-electron chi connectivity index (χ2n) is 3.29. The van der Waals surface area contributed by atoms with Crippen molar-refractivity contribution >= 4 is 27.5 Å². The van der Waals surface area contributed by atoms with E-state index in [1.54, 1.807) is 6.92 Å². The molecule has 14 heavy (non-hydrogen) atoms. The van der Waals surface area contributed by atoms with Crippen LogP contribution in [0.1, 0.15) is 12.5 Å². The fourth-order valence-corrected chi connectivity index (χ4v) is 1.75. The monoisotopic (exact) mass is 256 g/mol. The van der Waals surface area contributed by atoms with Gasteiger partial charge in [-0.3, -0.25) is 4.79 Å².